The molecule has 0 unspecified atom stereocenters. The van der Waals surface area contributed by atoms with Crippen LogP contribution in [0.4, 0.5) is 0 Å². The summed E-state index contributed by atoms with van der Waals surface area (Å²) < 4.78 is 37.5. The van der Waals surface area contributed by atoms with Crippen LogP contribution in [-0.2, 0) is 44.4 Å². The molecule has 0 heterocycles. The quantitative estimate of drug-likeness (QED) is 0.0725. The van der Waals surface area contributed by atoms with E-state index in [0.717, 1.165) is 25.7 Å². The first-order valence-electron chi connectivity index (χ1n) is 12.4. The number of methoxy groups -OCH3 is 4. The number of unbranched alkanes of at least 4 members (excludes halogenated alkanes) is 1. The van der Waals surface area contributed by atoms with Crippen LogP contribution in [-0.4, -0.2) is 73.1 Å². The number of carbonyl (C=O) groups excluding carboxylic acids is 1. The van der Waals surface area contributed by atoms with E-state index in [9.17, 15) is 4.79 Å². The summed E-state index contributed by atoms with van der Waals surface area (Å²) in [5.74, 6) is -0.400. The average Bonchev–Trinajstić information content (AvgIpc) is 2.90. The smallest absolute Gasteiger partial charge is 0.330 e. The summed E-state index contributed by atoms with van der Waals surface area (Å²) in [6.07, 6.45) is 12.8. The summed E-state index contributed by atoms with van der Waals surface area (Å²) in [5.41, 5.74) is 1.35. The fourth-order valence-corrected chi connectivity index (χ4v) is 3.58. The van der Waals surface area contributed by atoms with E-state index in [4.69, 9.17) is 28.4 Å². The van der Waals surface area contributed by atoms with Crippen molar-refractivity contribution in [3.8, 4) is 0 Å². The van der Waals surface area contributed by atoms with E-state index in [1.54, 1.807) is 27.4 Å². The van der Waals surface area contributed by atoms with Gasteiger partial charge in [0.2, 0.25) is 0 Å². The molecule has 0 radical (unpaired) electrons. The van der Waals surface area contributed by atoms with Gasteiger partial charge in [-0.3, -0.25) is 0 Å². The number of rotatable bonds is 22. The average molecular weight is 509 g/mol. The molecule has 36 heavy (non-hydrogen) atoms. The summed E-state index contributed by atoms with van der Waals surface area (Å²) in [5, 5.41) is 0. The van der Waals surface area contributed by atoms with Crippen LogP contribution in [0.15, 0.2) is 54.6 Å². The van der Waals surface area contributed by atoms with E-state index in [1.807, 2.05) is 18.2 Å². The van der Waals surface area contributed by atoms with Crippen LogP contribution in [0.5, 0.6) is 0 Å². The Hall–Kier alpha value is -2.07. The van der Waals surface area contributed by atoms with Gasteiger partial charge in [-0.15, -0.1) is 0 Å². The molecule has 0 bridgehead atoms. The van der Waals surface area contributed by atoms with Gasteiger partial charge in [0.05, 0.1) is 25.4 Å². The normalized spacial score (nSPS) is 14.3. The third-order valence-electron chi connectivity index (χ3n) is 5.43. The number of hydrogen-bond acceptors (Lipinski definition) is 8. The van der Waals surface area contributed by atoms with Gasteiger partial charge in [0, 0.05) is 33.8 Å². The topological polar surface area (TPSA) is 81.7 Å². The molecule has 0 saturated carbocycles. The molecule has 8 heteroatoms. The second kappa shape index (κ2) is 22.2. The van der Waals surface area contributed by atoms with Crippen molar-refractivity contribution in [2.75, 3.05) is 48.8 Å². The molecule has 3 atom stereocenters. The standard InChI is InChI=1S/C28H44O8/c1-30-21-34-25(17-11-19-28(29)33-4)16-10-18-27(36-23-32-3)20-26(35-22-31-2)15-9-8-14-24-12-6-5-7-13-24/h5-7,10-13,16,19,25-27H,8-9,14-15,17-18,20-23H2,1-4H3/b16-10+,19-11-/t25-,26+,27+/m0/s1. The van der Waals surface area contributed by atoms with Crippen molar-refractivity contribution in [3.05, 3.63) is 60.2 Å². The van der Waals surface area contributed by atoms with E-state index >= 15 is 0 Å². The lowest BCUT2D eigenvalue weighted by atomic mass is 10.0. The largest absolute Gasteiger partial charge is 0.466 e. The number of hydrogen-bond donors (Lipinski definition) is 0. The van der Waals surface area contributed by atoms with E-state index in [0.29, 0.717) is 19.3 Å². The van der Waals surface area contributed by atoms with Gasteiger partial charge in [0.25, 0.3) is 0 Å². The van der Waals surface area contributed by atoms with Crippen molar-refractivity contribution in [1.29, 1.82) is 0 Å². The highest BCUT2D eigenvalue weighted by Crippen LogP contribution is 2.18. The van der Waals surface area contributed by atoms with Gasteiger partial charge >= 0.3 is 5.97 Å². The molecule has 0 saturated heterocycles. The Balaban J connectivity index is 2.65. The molecule has 0 aromatic heterocycles. The van der Waals surface area contributed by atoms with Crippen molar-refractivity contribution in [3.63, 3.8) is 0 Å². The SMILES string of the molecule is COCO[C@H](C/C=C/[C@@H](C/C=C\C(=O)OC)OCOC)C[C@@H](CCCCc1ccccc1)OCOC. The first kappa shape index (κ1) is 32.0. The molecular weight excluding hydrogens is 464 g/mol. The molecule has 0 aliphatic heterocycles. The minimum atomic E-state index is -0.400. The van der Waals surface area contributed by atoms with E-state index < -0.39 is 5.97 Å². The number of benzene rings is 1. The highest BCUT2D eigenvalue weighted by atomic mass is 16.7. The fourth-order valence-electron chi connectivity index (χ4n) is 3.58. The van der Waals surface area contributed by atoms with Crippen molar-refractivity contribution < 1.29 is 38.0 Å². The first-order valence-corrected chi connectivity index (χ1v) is 12.4. The molecule has 0 N–H and O–H groups in total. The van der Waals surface area contributed by atoms with E-state index in [1.165, 1.54) is 18.7 Å². The van der Waals surface area contributed by atoms with Gasteiger partial charge in [-0.2, -0.15) is 0 Å². The molecular formula is C28H44O8. The molecule has 1 aromatic rings. The minimum Gasteiger partial charge on any atom is -0.466 e. The number of esters is 1. The second-order valence-corrected chi connectivity index (χ2v) is 8.29. The predicted octanol–water partition coefficient (Wildman–Crippen LogP) is 4.82. The molecule has 0 fully saturated rings. The summed E-state index contributed by atoms with van der Waals surface area (Å²) in [6.45, 7) is 0.602. The zero-order valence-electron chi connectivity index (χ0n) is 22.3. The second-order valence-electron chi connectivity index (χ2n) is 8.29. The number of carbonyl (C=O) groups is 1. The fraction of sp³-hybridized carbons (Fsp3) is 0.607. The molecule has 0 amide bonds. The van der Waals surface area contributed by atoms with Crippen LogP contribution in [0.3, 0.4) is 0 Å². The van der Waals surface area contributed by atoms with Gasteiger partial charge in [0.15, 0.2) is 0 Å². The molecule has 0 spiro atoms. The Morgan fingerprint density at radius 1 is 0.806 bits per heavy atom. The Kier molecular flexibility index (Phi) is 19.7. The highest BCUT2D eigenvalue weighted by Gasteiger charge is 2.17. The maximum absolute atomic E-state index is 11.3. The number of aryl methyl sites for hydroxylation is 1. The van der Waals surface area contributed by atoms with Crippen LogP contribution in [0, 0.1) is 0 Å². The molecule has 1 aromatic carbocycles. The Morgan fingerprint density at radius 3 is 2.14 bits per heavy atom. The molecule has 1 rings (SSSR count). The van der Waals surface area contributed by atoms with Gasteiger partial charge in [-0.25, -0.2) is 4.79 Å². The lowest BCUT2D eigenvalue weighted by Gasteiger charge is -2.23. The monoisotopic (exact) mass is 508 g/mol. The maximum atomic E-state index is 11.3. The van der Waals surface area contributed by atoms with Gasteiger partial charge < -0.3 is 33.2 Å². The Bertz CT molecular complexity index is 707. The van der Waals surface area contributed by atoms with Crippen LogP contribution in [0.1, 0.15) is 44.1 Å². The molecule has 0 aliphatic rings. The van der Waals surface area contributed by atoms with Crippen molar-refractivity contribution in [2.24, 2.45) is 0 Å². The van der Waals surface area contributed by atoms with Crippen molar-refractivity contribution in [1.82, 2.24) is 0 Å². The first-order chi connectivity index (χ1) is 17.6. The summed E-state index contributed by atoms with van der Waals surface area (Å²) in [6, 6.07) is 10.5. The predicted molar refractivity (Wildman–Crippen MR) is 138 cm³/mol. The maximum Gasteiger partial charge on any atom is 0.330 e. The summed E-state index contributed by atoms with van der Waals surface area (Å²) >= 11 is 0. The molecule has 0 aliphatic carbocycles. The summed E-state index contributed by atoms with van der Waals surface area (Å²) in [7, 11) is 6.15. The minimum absolute atomic E-state index is 0.0134. The van der Waals surface area contributed by atoms with E-state index in [-0.39, 0.29) is 38.7 Å². The van der Waals surface area contributed by atoms with Crippen LogP contribution < -0.4 is 0 Å². The highest BCUT2D eigenvalue weighted by molar-refractivity contribution is 5.81. The Morgan fingerprint density at radius 2 is 1.47 bits per heavy atom. The van der Waals surface area contributed by atoms with Gasteiger partial charge in [0.1, 0.15) is 20.4 Å². The zero-order chi connectivity index (χ0) is 26.3. The van der Waals surface area contributed by atoms with Gasteiger partial charge in [-0.1, -0.05) is 55.0 Å². The van der Waals surface area contributed by atoms with Crippen LogP contribution >= 0.6 is 0 Å². The lowest BCUT2D eigenvalue weighted by molar-refractivity contribution is -0.134. The molecule has 8 nitrogen and oxygen atoms in total. The third kappa shape index (κ3) is 16.6. The number of ether oxygens (including phenoxy) is 7. The van der Waals surface area contributed by atoms with Crippen molar-refractivity contribution >= 4 is 5.97 Å². The lowest BCUT2D eigenvalue weighted by Crippen LogP contribution is -2.25. The van der Waals surface area contributed by atoms with Crippen LogP contribution in [0.25, 0.3) is 0 Å². The van der Waals surface area contributed by atoms with Crippen molar-refractivity contribution in [2.45, 2.75) is 63.3 Å². The molecule has 204 valence electrons. The summed E-state index contributed by atoms with van der Waals surface area (Å²) in [4.78, 5) is 11.3. The van der Waals surface area contributed by atoms with Crippen LogP contribution in [0.2, 0.25) is 0 Å². The zero-order valence-corrected chi connectivity index (χ0v) is 22.3. The Labute approximate surface area is 216 Å². The third-order valence-corrected chi connectivity index (χ3v) is 5.43. The van der Waals surface area contributed by atoms with Gasteiger partial charge in [-0.05, 0) is 37.7 Å². The van der Waals surface area contributed by atoms with E-state index in [2.05, 4.69) is 29.0 Å².